The summed E-state index contributed by atoms with van der Waals surface area (Å²) in [5.74, 6) is -0.717. The molecule has 0 bridgehead atoms. The van der Waals surface area contributed by atoms with Crippen molar-refractivity contribution in [3.05, 3.63) is 77.0 Å². The molecule has 0 aliphatic rings. The molecule has 8 heteroatoms. The molecule has 3 rings (SSSR count). The van der Waals surface area contributed by atoms with Gasteiger partial charge in [0.2, 0.25) is 0 Å². The molecule has 0 aliphatic carbocycles. The third kappa shape index (κ3) is 5.22. The van der Waals surface area contributed by atoms with Crippen LogP contribution >= 0.6 is 0 Å². The van der Waals surface area contributed by atoms with Gasteiger partial charge >= 0.3 is 5.97 Å². The Hall–Kier alpha value is -4.51. The topological polar surface area (TPSA) is 114 Å². The lowest BCUT2D eigenvalue weighted by Crippen LogP contribution is -2.22. The van der Waals surface area contributed by atoms with E-state index in [1.54, 1.807) is 16.7 Å². The zero-order valence-electron chi connectivity index (χ0n) is 18.5. The van der Waals surface area contributed by atoms with Gasteiger partial charge in [-0.3, -0.25) is 9.36 Å². The van der Waals surface area contributed by atoms with Crippen molar-refractivity contribution in [1.82, 2.24) is 4.57 Å². The first kappa shape index (κ1) is 23.2. The van der Waals surface area contributed by atoms with E-state index in [1.165, 1.54) is 25.3 Å². The first-order valence-electron chi connectivity index (χ1n) is 10.0. The molecule has 0 radical (unpaired) electrons. The van der Waals surface area contributed by atoms with Crippen molar-refractivity contribution in [2.75, 3.05) is 19.0 Å². The van der Waals surface area contributed by atoms with E-state index in [9.17, 15) is 20.0 Å². The number of anilines is 1. The number of phenols is 1. The number of nitrogens with zero attached hydrogens (tertiary/aromatic N) is 2. The number of benzene rings is 2. The fraction of sp³-hybridized carbons (Fsp3) is 0.160. The van der Waals surface area contributed by atoms with Gasteiger partial charge in [0.1, 0.15) is 11.9 Å². The van der Waals surface area contributed by atoms with Crippen molar-refractivity contribution in [3.8, 4) is 23.3 Å². The van der Waals surface area contributed by atoms with Crippen LogP contribution in [0.4, 0.5) is 5.82 Å². The summed E-state index contributed by atoms with van der Waals surface area (Å²) in [6.07, 6.45) is 2.64. The van der Waals surface area contributed by atoms with E-state index in [0.717, 1.165) is 16.9 Å². The zero-order chi connectivity index (χ0) is 24.0. The van der Waals surface area contributed by atoms with Gasteiger partial charge in [0.15, 0.2) is 18.1 Å². The Bertz CT molecular complexity index is 1250. The van der Waals surface area contributed by atoms with Gasteiger partial charge in [-0.25, -0.2) is 4.79 Å². The molecule has 168 valence electrons. The van der Waals surface area contributed by atoms with E-state index in [1.807, 2.05) is 44.2 Å². The second-order valence-electron chi connectivity index (χ2n) is 7.14. The molecular weight excluding hydrogens is 422 g/mol. The summed E-state index contributed by atoms with van der Waals surface area (Å²) in [4.78, 5) is 24.5. The molecule has 2 aromatic carbocycles. The minimum atomic E-state index is -0.719. The molecule has 0 saturated carbocycles. The third-order valence-corrected chi connectivity index (χ3v) is 5.06. The van der Waals surface area contributed by atoms with Gasteiger partial charge in [0.25, 0.3) is 5.91 Å². The van der Waals surface area contributed by atoms with Crippen molar-refractivity contribution in [1.29, 1.82) is 5.26 Å². The van der Waals surface area contributed by atoms with E-state index in [2.05, 4.69) is 11.4 Å². The molecule has 1 heterocycles. The predicted octanol–water partition coefficient (Wildman–Crippen LogP) is 3.88. The largest absolute Gasteiger partial charge is 0.504 e. The Morgan fingerprint density at radius 2 is 1.91 bits per heavy atom. The lowest BCUT2D eigenvalue weighted by Gasteiger charge is -2.13. The number of rotatable bonds is 7. The molecule has 3 aromatic rings. The van der Waals surface area contributed by atoms with E-state index in [0.29, 0.717) is 16.9 Å². The Morgan fingerprint density at radius 3 is 2.58 bits per heavy atom. The van der Waals surface area contributed by atoms with Crippen molar-refractivity contribution in [3.63, 3.8) is 0 Å². The highest BCUT2D eigenvalue weighted by molar-refractivity contribution is 5.95. The SMILES string of the molecule is COc1cc(/C=C/C(=O)OCC(=O)Nc2c(C#N)c(C)c(C)n2-c2ccccc2)ccc1O. The summed E-state index contributed by atoms with van der Waals surface area (Å²) >= 11 is 0. The number of hydrogen-bond donors (Lipinski definition) is 2. The van der Waals surface area contributed by atoms with Crippen LogP contribution in [0.2, 0.25) is 0 Å². The first-order chi connectivity index (χ1) is 15.8. The maximum Gasteiger partial charge on any atom is 0.331 e. The molecule has 8 nitrogen and oxygen atoms in total. The Morgan fingerprint density at radius 1 is 1.18 bits per heavy atom. The molecule has 0 atom stereocenters. The molecule has 1 amide bonds. The average Bonchev–Trinajstić information content (AvgIpc) is 3.06. The van der Waals surface area contributed by atoms with Crippen LogP contribution < -0.4 is 10.1 Å². The van der Waals surface area contributed by atoms with Crippen LogP contribution in [0.15, 0.2) is 54.6 Å². The molecule has 2 N–H and O–H groups in total. The number of para-hydroxylation sites is 1. The molecule has 0 saturated heterocycles. The number of aromatic nitrogens is 1. The molecule has 0 fully saturated rings. The van der Waals surface area contributed by atoms with Crippen molar-refractivity contribution < 1.29 is 24.2 Å². The fourth-order valence-electron chi connectivity index (χ4n) is 3.28. The lowest BCUT2D eigenvalue weighted by molar-refractivity contribution is -0.142. The van der Waals surface area contributed by atoms with Gasteiger partial charge in [-0.15, -0.1) is 0 Å². The van der Waals surface area contributed by atoms with Gasteiger partial charge in [0, 0.05) is 17.5 Å². The number of esters is 1. The lowest BCUT2D eigenvalue weighted by atomic mass is 10.2. The predicted molar refractivity (Wildman–Crippen MR) is 123 cm³/mol. The number of nitriles is 1. The summed E-state index contributed by atoms with van der Waals surface area (Å²) in [5.41, 5.74) is 3.31. The van der Waals surface area contributed by atoms with Crippen molar-refractivity contribution in [2.45, 2.75) is 13.8 Å². The molecular formula is C25H23N3O5. The summed E-state index contributed by atoms with van der Waals surface area (Å²) in [6, 6.07) is 16.1. The highest BCUT2D eigenvalue weighted by Crippen LogP contribution is 2.30. The highest BCUT2D eigenvalue weighted by Gasteiger charge is 2.21. The highest BCUT2D eigenvalue weighted by atomic mass is 16.5. The van der Waals surface area contributed by atoms with E-state index in [-0.39, 0.29) is 11.5 Å². The normalized spacial score (nSPS) is 10.6. The van der Waals surface area contributed by atoms with E-state index < -0.39 is 18.5 Å². The van der Waals surface area contributed by atoms with Crippen LogP contribution in [0.5, 0.6) is 11.5 Å². The van der Waals surface area contributed by atoms with Crippen molar-refractivity contribution in [2.24, 2.45) is 0 Å². The average molecular weight is 445 g/mol. The number of aromatic hydroxyl groups is 1. The Balaban J connectivity index is 1.70. The molecule has 0 spiro atoms. The molecule has 1 aromatic heterocycles. The number of amides is 1. The van der Waals surface area contributed by atoms with Crippen LogP contribution in [0, 0.1) is 25.2 Å². The summed E-state index contributed by atoms with van der Waals surface area (Å²) < 4.78 is 11.8. The second-order valence-corrected chi connectivity index (χ2v) is 7.14. The van der Waals surface area contributed by atoms with Crippen LogP contribution in [-0.4, -0.2) is 35.3 Å². The zero-order valence-corrected chi connectivity index (χ0v) is 18.5. The molecule has 0 aliphatic heterocycles. The van der Waals surface area contributed by atoms with Gasteiger partial charge in [0.05, 0.1) is 12.7 Å². The Kier molecular flexibility index (Phi) is 7.16. The minimum Gasteiger partial charge on any atom is -0.504 e. The maximum atomic E-state index is 12.5. The van der Waals surface area contributed by atoms with Gasteiger partial charge in [-0.1, -0.05) is 24.3 Å². The fourth-order valence-corrected chi connectivity index (χ4v) is 3.28. The summed E-state index contributed by atoms with van der Waals surface area (Å²) in [5, 5.41) is 21.9. The number of carbonyl (C=O) groups is 2. The number of carbonyl (C=O) groups excluding carboxylic acids is 2. The second kappa shape index (κ2) is 10.2. The number of methoxy groups -OCH3 is 1. The molecule has 0 unspecified atom stereocenters. The maximum absolute atomic E-state index is 12.5. The van der Waals surface area contributed by atoms with Crippen LogP contribution in [-0.2, 0) is 14.3 Å². The van der Waals surface area contributed by atoms with Crippen LogP contribution in [0.3, 0.4) is 0 Å². The van der Waals surface area contributed by atoms with Gasteiger partial charge < -0.3 is 19.9 Å². The van der Waals surface area contributed by atoms with Crippen LogP contribution in [0.25, 0.3) is 11.8 Å². The third-order valence-electron chi connectivity index (χ3n) is 5.06. The minimum absolute atomic E-state index is 0.0173. The quantitative estimate of drug-likeness (QED) is 0.422. The smallest absolute Gasteiger partial charge is 0.331 e. The number of ether oxygens (including phenoxy) is 2. The van der Waals surface area contributed by atoms with E-state index >= 15 is 0 Å². The summed E-state index contributed by atoms with van der Waals surface area (Å²) in [7, 11) is 1.42. The van der Waals surface area contributed by atoms with Gasteiger partial charge in [-0.05, 0) is 55.3 Å². The number of phenolic OH excluding ortho intramolecular Hbond substituents is 1. The van der Waals surface area contributed by atoms with Crippen LogP contribution in [0.1, 0.15) is 22.4 Å². The number of hydrogen-bond acceptors (Lipinski definition) is 6. The van der Waals surface area contributed by atoms with Crippen molar-refractivity contribution >= 4 is 23.8 Å². The first-order valence-corrected chi connectivity index (χ1v) is 10.0. The standard InChI is InChI=1S/C25H23N3O5/c1-16-17(2)28(19-7-5-4-6-8-19)25(20(16)14-26)27-23(30)15-33-24(31)12-10-18-9-11-21(29)22(13-18)32-3/h4-13,29H,15H2,1-3H3,(H,27,30)/b12-10+. The van der Waals surface area contributed by atoms with Gasteiger partial charge in [-0.2, -0.15) is 5.26 Å². The Labute approximate surface area is 191 Å². The number of nitrogens with one attached hydrogen (secondary N) is 1. The molecule has 33 heavy (non-hydrogen) atoms. The summed E-state index contributed by atoms with van der Waals surface area (Å²) in [6.45, 7) is 3.15. The van der Waals surface area contributed by atoms with E-state index in [4.69, 9.17) is 9.47 Å². The monoisotopic (exact) mass is 445 g/mol.